The zero-order valence-electron chi connectivity index (χ0n) is 22.0. The average Bonchev–Trinajstić information content (AvgIpc) is 3.32. The summed E-state index contributed by atoms with van der Waals surface area (Å²) >= 11 is 6.54. The lowest BCUT2D eigenvalue weighted by atomic mass is 9.95. The van der Waals surface area contributed by atoms with Crippen molar-refractivity contribution in [1.29, 1.82) is 0 Å². The van der Waals surface area contributed by atoms with Crippen LogP contribution in [0.4, 0.5) is 4.39 Å². The van der Waals surface area contributed by atoms with Crippen LogP contribution in [0.15, 0.2) is 59.7 Å². The van der Waals surface area contributed by atoms with Gasteiger partial charge in [0.05, 0.1) is 34.2 Å². The first-order chi connectivity index (χ1) is 18.7. The monoisotopic (exact) mass is 551 g/mol. The topological polar surface area (TPSA) is 127 Å². The molecule has 1 fully saturated rings. The number of carbonyl (C=O) groups excluding carboxylic acids is 1. The first-order valence-corrected chi connectivity index (χ1v) is 12.9. The minimum atomic E-state index is -0.728. The van der Waals surface area contributed by atoms with Crippen molar-refractivity contribution in [3.05, 3.63) is 94.3 Å². The number of nitrogens with zero attached hydrogens (tertiary/aromatic N) is 5. The van der Waals surface area contributed by atoms with Gasteiger partial charge in [-0.05, 0) is 31.6 Å². The number of aryl methyl sites for hydroxylation is 2. The predicted molar refractivity (Wildman–Crippen MR) is 149 cm³/mol. The molecule has 1 aliphatic heterocycles. The molecule has 9 nitrogen and oxygen atoms in total. The van der Waals surface area contributed by atoms with Crippen LogP contribution in [0.25, 0.3) is 16.8 Å². The number of benzene rings is 1. The number of hydrogen-bond donors (Lipinski definition) is 2. The second-order valence-electron chi connectivity index (χ2n) is 9.25. The second kappa shape index (κ2) is 12.2. The summed E-state index contributed by atoms with van der Waals surface area (Å²) in [5.74, 6) is -0.416. The van der Waals surface area contributed by atoms with Crippen molar-refractivity contribution in [1.82, 2.24) is 24.9 Å². The summed E-state index contributed by atoms with van der Waals surface area (Å²) in [7, 11) is 0. The number of allylic oxidation sites excluding steroid dienone is 3. The molecule has 4 N–H and O–H groups in total. The van der Waals surface area contributed by atoms with E-state index in [9.17, 15) is 4.79 Å². The molecular formula is C28H31ClFN7O2. The van der Waals surface area contributed by atoms with E-state index in [1.807, 2.05) is 19.9 Å². The fourth-order valence-corrected chi connectivity index (χ4v) is 4.81. The third-order valence-electron chi connectivity index (χ3n) is 6.45. The lowest BCUT2D eigenvalue weighted by Gasteiger charge is -2.34. The molecule has 0 saturated carbocycles. The highest BCUT2D eigenvalue weighted by Crippen LogP contribution is 2.34. The Kier molecular flexibility index (Phi) is 8.78. The molecule has 0 bridgehead atoms. The van der Waals surface area contributed by atoms with E-state index in [1.54, 1.807) is 23.1 Å². The maximum atomic E-state index is 15.5. The Hall–Kier alpha value is -4.02. The van der Waals surface area contributed by atoms with E-state index in [1.165, 1.54) is 18.6 Å². The highest BCUT2D eigenvalue weighted by Gasteiger charge is 2.28. The van der Waals surface area contributed by atoms with E-state index in [0.29, 0.717) is 72.9 Å². The van der Waals surface area contributed by atoms with Gasteiger partial charge >= 0.3 is 0 Å². The summed E-state index contributed by atoms with van der Waals surface area (Å²) in [6.07, 6.45) is 6.69. The first kappa shape index (κ1) is 28.0. The van der Waals surface area contributed by atoms with Gasteiger partial charge < -0.3 is 20.9 Å². The molecule has 1 aliphatic rings. The quantitative estimate of drug-likeness (QED) is 0.401. The van der Waals surface area contributed by atoms with Crippen LogP contribution >= 0.6 is 11.6 Å². The van der Waals surface area contributed by atoms with Gasteiger partial charge in [0.1, 0.15) is 12.1 Å². The lowest BCUT2D eigenvalue weighted by Crippen LogP contribution is -2.48. The molecule has 1 saturated heterocycles. The van der Waals surface area contributed by atoms with Gasteiger partial charge in [-0.1, -0.05) is 36.3 Å². The summed E-state index contributed by atoms with van der Waals surface area (Å²) in [6.45, 7) is 10.2. The molecule has 2 aromatic heterocycles. The van der Waals surface area contributed by atoms with E-state index < -0.39 is 11.7 Å². The van der Waals surface area contributed by atoms with Crippen LogP contribution in [0.5, 0.6) is 0 Å². The van der Waals surface area contributed by atoms with Gasteiger partial charge in [-0.2, -0.15) is 0 Å². The maximum absolute atomic E-state index is 15.5. The largest absolute Gasteiger partial charge is 0.404 e. The number of hydrogen-bond acceptors (Lipinski definition) is 8. The van der Waals surface area contributed by atoms with Crippen LogP contribution in [0.3, 0.4) is 0 Å². The number of nitrogens with two attached hydrogens (primary N) is 2. The number of halogens is 2. The SMILES string of the molecule is C=C(N)/C=C\C(=C/N)c1c(CC)ncnc1-c1cc(F)c(C(=O)N2CCN(Cc3cc(C)no3)CC2)c(Cl)c1. The van der Waals surface area contributed by atoms with E-state index in [4.69, 9.17) is 27.6 Å². The maximum Gasteiger partial charge on any atom is 0.258 e. The minimum Gasteiger partial charge on any atom is -0.404 e. The van der Waals surface area contributed by atoms with Gasteiger partial charge in [0, 0.05) is 60.8 Å². The number of piperazine rings is 1. The Labute approximate surface area is 231 Å². The Morgan fingerprint density at radius 2 is 1.92 bits per heavy atom. The van der Waals surface area contributed by atoms with Gasteiger partial charge in [-0.3, -0.25) is 9.69 Å². The van der Waals surface area contributed by atoms with E-state index >= 15 is 4.39 Å². The third kappa shape index (κ3) is 6.35. The van der Waals surface area contributed by atoms with E-state index in [0.717, 1.165) is 11.5 Å². The molecule has 4 rings (SSSR count). The number of aromatic nitrogens is 3. The highest BCUT2D eigenvalue weighted by molar-refractivity contribution is 6.34. The summed E-state index contributed by atoms with van der Waals surface area (Å²) < 4.78 is 20.8. The Bertz CT molecular complexity index is 1420. The molecular weight excluding hydrogens is 521 g/mol. The average molecular weight is 552 g/mol. The standard InChI is InChI=1S/C28H31ClFN7O2/c1-4-24-25(19(14-31)6-5-17(2)32)27(34-16-33-24)20-12-22(29)26(23(30)13-20)28(38)37-9-7-36(8-10-37)15-21-11-18(3)35-39-21/h5-6,11-14,16H,2,4,7-10,15,31-32H2,1,3H3/b6-5-,19-14+. The number of amides is 1. The van der Waals surface area contributed by atoms with Gasteiger partial charge in [0.25, 0.3) is 5.91 Å². The molecule has 0 spiro atoms. The fraction of sp³-hybridized carbons (Fsp3) is 0.286. The van der Waals surface area contributed by atoms with Crippen LogP contribution in [-0.2, 0) is 13.0 Å². The van der Waals surface area contributed by atoms with Crippen molar-refractivity contribution in [2.75, 3.05) is 26.2 Å². The molecule has 3 aromatic rings. The lowest BCUT2D eigenvalue weighted by molar-refractivity contribution is 0.0613. The Morgan fingerprint density at radius 3 is 2.51 bits per heavy atom. The molecule has 39 heavy (non-hydrogen) atoms. The third-order valence-corrected chi connectivity index (χ3v) is 6.75. The van der Waals surface area contributed by atoms with Gasteiger partial charge in [0.15, 0.2) is 5.76 Å². The highest BCUT2D eigenvalue weighted by atomic mass is 35.5. The molecule has 204 valence electrons. The second-order valence-corrected chi connectivity index (χ2v) is 9.65. The van der Waals surface area contributed by atoms with Gasteiger partial charge in [-0.15, -0.1) is 0 Å². The van der Waals surface area contributed by atoms with Crippen molar-refractivity contribution in [2.45, 2.75) is 26.8 Å². The molecule has 1 amide bonds. The van der Waals surface area contributed by atoms with Crippen LogP contribution in [-0.4, -0.2) is 57.0 Å². The molecule has 0 radical (unpaired) electrons. The minimum absolute atomic E-state index is 0.00123. The molecule has 11 heteroatoms. The van der Waals surface area contributed by atoms with Crippen molar-refractivity contribution < 1.29 is 13.7 Å². The number of carbonyl (C=O) groups is 1. The molecule has 0 unspecified atom stereocenters. The van der Waals surface area contributed by atoms with Gasteiger partial charge in [0.2, 0.25) is 0 Å². The molecule has 1 aromatic carbocycles. The molecule has 0 aliphatic carbocycles. The van der Waals surface area contributed by atoms with E-state index in [2.05, 4.69) is 26.6 Å². The summed E-state index contributed by atoms with van der Waals surface area (Å²) in [5, 5.41) is 3.91. The molecule has 0 atom stereocenters. The first-order valence-electron chi connectivity index (χ1n) is 12.5. The summed E-state index contributed by atoms with van der Waals surface area (Å²) in [5.41, 5.74) is 15.3. The van der Waals surface area contributed by atoms with Gasteiger partial charge in [-0.25, -0.2) is 14.4 Å². The smallest absolute Gasteiger partial charge is 0.258 e. The Morgan fingerprint density at radius 1 is 1.18 bits per heavy atom. The normalized spacial score (nSPS) is 14.8. The van der Waals surface area contributed by atoms with E-state index in [-0.39, 0.29) is 10.6 Å². The van der Waals surface area contributed by atoms with Crippen LogP contribution in [0.1, 0.15) is 40.0 Å². The van der Waals surface area contributed by atoms with Crippen LogP contribution in [0, 0.1) is 12.7 Å². The summed E-state index contributed by atoms with van der Waals surface area (Å²) in [6, 6.07) is 4.70. The van der Waals surface area contributed by atoms with Crippen molar-refractivity contribution in [3.63, 3.8) is 0 Å². The van der Waals surface area contributed by atoms with Crippen molar-refractivity contribution >= 4 is 23.1 Å². The van der Waals surface area contributed by atoms with Crippen LogP contribution in [0.2, 0.25) is 5.02 Å². The Balaban J connectivity index is 1.59. The van der Waals surface area contributed by atoms with Crippen LogP contribution < -0.4 is 11.5 Å². The predicted octanol–water partition coefficient (Wildman–Crippen LogP) is 4.08. The van der Waals surface area contributed by atoms with Crippen molar-refractivity contribution in [2.24, 2.45) is 11.5 Å². The fourth-order valence-electron chi connectivity index (χ4n) is 4.52. The molecule has 3 heterocycles. The van der Waals surface area contributed by atoms with Crippen molar-refractivity contribution in [3.8, 4) is 11.3 Å². The number of rotatable bonds is 8. The summed E-state index contributed by atoms with van der Waals surface area (Å²) in [4.78, 5) is 25.8. The zero-order chi connectivity index (χ0) is 28.1. The zero-order valence-corrected chi connectivity index (χ0v) is 22.7.